The van der Waals surface area contributed by atoms with Gasteiger partial charge in [-0.25, -0.2) is 4.98 Å². The Morgan fingerprint density at radius 3 is 2.30 bits per heavy atom. The molecule has 0 spiro atoms. The summed E-state index contributed by atoms with van der Waals surface area (Å²) in [7, 11) is 0. The van der Waals surface area contributed by atoms with Crippen LogP contribution in [0, 0.1) is 10.8 Å². The van der Waals surface area contributed by atoms with Crippen LogP contribution in [-0.2, 0) is 0 Å². The molecule has 120 valence electrons. The lowest BCUT2D eigenvalue weighted by Crippen LogP contribution is -2.70. The molecule has 0 unspecified atom stereocenters. The lowest BCUT2D eigenvalue weighted by molar-refractivity contribution is -0.194. The Hall–Kier alpha value is -1.16. The van der Waals surface area contributed by atoms with Crippen LogP contribution in [0.25, 0.3) is 10.9 Å². The molecule has 0 N–H and O–H groups in total. The summed E-state index contributed by atoms with van der Waals surface area (Å²) in [6.07, 6.45) is 1.64. The van der Waals surface area contributed by atoms with Crippen LogP contribution in [0.2, 0.25) is 5.15 Å². The number of halogens is 1. The SMILES string of the molecule is CC12CN3CC(C)(CN(C1)C3c1cc3ccccc3nc1Cl)C2. The minimum Gasteiger partial charge on any atom is -0.283 e. The van der Waals surface area contributed by atoms with Crippen LogP contribution in [0.5, 0.6) is 0 Å². The average molecular weight is 328 g/mol. The molecule has 4 heteroatoms. The van der Waals surface area contributed by atoms with Crippen molar-refractivity contribution in [1.82, 2.24) is 14.8 Å². The van der Waals surface area contributed by atoms with Crippen LogP contribution < -0.4 is 0 Å². The van der Waals surface area contributed by atoms with Gasteiger partial charge in [-0.05, 0) is 29.4 Å². The molecule has 23 heavy (non-hydrogen) atoms. The van der Waals surface area contributed by atoms with Gasteiger partial charge in [0.2, 0.25) is 0 Å². The van der Waals surface area contributed by atoms with E-state index in [1.54, 1.807) is 0 Å². The highest BCUT2D eigenvalue weighted by Crippen LogP contribution is 2.54. The van der Waals surface area contributed by atoms with Gasteiger partial charge >= 0.3 is 0 Å². The molecule has 4 saturated heterocycles. The van der Waals surface area contributed by atoms with Crippen molar-refractivity contribution in [3.8, 4) is 0 Å². The third-order valence-corrected chi connectivity index (χ3v) is 6.17. The molecule has 1 aromatic heterocycles. The zero-order valence-electron chi connectivity index (χ0n) is 13.7. The third-order valence-electron chi connectivity index (χ3n) is 5.87. The molecule has 4 bridgehead atoms. The highest BCUT2D eigenvalue weighted by molar-refractivity contribution is 6.30. The summed E-state index contributed by atoms with van der Waals surface area (Å²) in [5, 5.41) is 1.84. The largest absolute Gasteiger partial charge is 0.283 e. The second kappa shape index (κ2) is 4.47. The van der Waals surface area contributed by atoms with Crippen molar-refractivity contribution in [2.24, 2.45) is 10.8 Å². The molecule has 0 atom stereocenters. The lowest BCUT2D eigenvalue weighted by atomic mass is 9.63. The van der Waals surface area contributed by atoms with Crippen LogP contribution in [0.3, 0.4) is 0 Å². The molecule has 0 aliphatic carbocycles. The molecular weight excluding hydrogens is 306 g/mol. The normalized spacial score (nSPS) is 41.6. The Balaban J connectivity index is 1.62. The smallest absolute Gasteiger partial charge is 0.135 e. The van der Waals surface area contributed by atoms with Crippen LogP contribution in [0.1, 0.15) is 32.0 Å². The maximum atomic E-state index is 6.60. The van der Waals surface area contributed by atoms with Gasteiger partial charge in [0.1, 0.15) is 5.15 Å². The molecule has 6 rings (SSSR count). The van der Waals surface area contributed by atoms with E-state index in [0.29, 0.717) is 22.1 Å². The first kappa shape index (κ1) is 14.2. The van der Waals surface area contributed by atoms with Crippen molar-refractivity contribution >= 4 is 22.5 Å². The zero-order valence-corrected chi connectivity index (χ0v) is 14.5. The van der Waals surface area contributed by atoms with Gasteiger partial charge in [-0.2, -0.15) is 0 Å². The van der Waals surface area contributed by atoms with Gasteiger partial charge in [0.05, 0.1) is 11.7 Å². The number of benzene rings is 1. The molecular formula is C19H22ClN3. The maximum Gasteiger partial charge on any atom is 0.135 e. The fourth-order valence-corrected chi connectivity index (χ4v) is 5.93. The number of nitrogens with zero attached hydrogens (tertiary/aromatic N) is 3. The van der Waals surface area contributed by atoms with E-state index in [-0.39, 0.29) is 0 Å². The molecule has 4 aliphatic rings. The Bertz CT molecular complexity index is 766. The lowest BCUT2D eigenvalue weighted by Gasteiger charge is -2.66. The van der Waals surface area contributed by atoms with E-state index in [2.05, 4.69) is 46.8 Å². The number of aromatic nitrogens is 1. The van der Waals surface area contributed by atoms with Gasteiger partial charge in [-0.3, -0.25) is 9.80 Å². The second-order valence-electron chi connectivity index (χ2n) is 8.54. The highest BCUT2D eigenvalue weighted by Gasteiger charge is 2.56. The fraction of sp³-hybridized carbons (Fsp3) is 0.526. The Morgan fingerprint density at radius 2 is 1.65 bits per heavy atom. The number of rotatable bonds is 1. The predicted molar refractivity (Wildman–Crippen MR) is 93.5 cm³/mol. The standard InChI is InChI=1S/C19H22ClN3/c1-18-8-19(2)11-22(9-18)17(23(10-18)12-19)14-7-13-5-3-4-6-15(13)21-16(14)20/h3-7,17H,8-12H2,1-2H3. The zero-order chi connectivity index (χ0) is 15.8. The van der Waals surface area contributed by atoms with Crippen molar-refractivity contribution in [3.05, 3.63) is 41.0 Å². The Kier molecular flexibility index (Phi) is 2.76. The number of piperidine rings is 2. The van der Waals surface area contributed by atoms with E-state index >= 15 is 0 Å². The monoisotopic (exact) mass is 327 g/mol. The Labute approximate surface area is 142 Å². The summed E-state index contributed by atoms with van der Waals surface area (Å²) < 4.78 is 0. The quantitative estimate of drug-likeness (QED) is 0.740. The van der Waals surface area contributed by atoms with E-state index in [4.69, 9.17) is 11.6 Å². The predicted octanol–water partition coefficient (Wildman–Crippen LogP) is 3.93. The summed E-state index contributed by atoms with van der Waals surface area (Å²) in [5.41, 5.74) is 3.02. The minimum absolute atomic E-state index is 0.293. The van der Waals surface area contributed by atoms with E-state index in [1.165, 1.54) is 43.5 Å². The van der Waals surface area contributed by atoms with Crippen LogP contribution >= 0.6 is 11.6 Å². The van der Waals surface area contributed by atoms with Crippen molar-refractivity contribution in [3.63, 3.8) is 0 Å². The maximum absolute atomic E-state index is 6.60. The Morgan fingerprint density at radius 1 is 1.04 bits per heavy atom. The van der Waals surface area contributed by atoms with Gasteiger partial charge < -0.3 is 0 Å². The molecule has 5 heterocycles. The molecule has 4 aliphatic heterocycles. The van der Waals surface area contributed by atoms with Gasteiger partial charge in [-0.15, -0.1) is 0 Å². The first-order valence-electron chi connectivity index (χ1n) is 8.48. The van der Waals surface area contributed by atoms with Crippen molar-refractivity contribution in [1.29, 1.82) is 0 Å². The van der Waals surface area contributed by atoms with Crippen LogP contribution in [0.15, 0.2) is 30.3 Å². The van der Waals surface area contributed by atoms with E-state index < -0.39 is 0 Å². The number of hydrogen-bond donors (Lipinski definition) is 0. The van der Waals surface area contributed by atoms with Crippen LogP contribution in [-0.4, -0.2) is 41.0 Å². The fourth-order valence-electron chi connectivity index (χ4n) is 5.69. The molecule has 2 aromatic rings. The van der Waals surface area contributed by atoms with Gasteiger partial charge in [0, 0.05) is 37.1 Å². The van der Waals surface area contributed by atoms with Crippen molar-refractivity contribution < 1.29 is 0 Å². The topological polar surface area (TPSA) is 19.4 Å². The second-order valence-corrected chi connectivity index (χ2v) is 8.90. The number of hydrogen-bond acceptors (Lipinski definition) is 3. The molecule has 0 saturated carbocycles. The highest BCUT2D eigenvalue weighted by atomic mass is 35.5. The van der Waals surface area contributed by atoms with Crippen molar-refractivity contribution in [2.75, 3.05) is 26.2 Å². The summed E-state index contributed by atoms with van der Waals surface area (Å²) >= 11 is 6.60. The molecule has 1 aromatic carbocycles. The van der Waals surface area contributed by atoms with Gasteiger partial charge in [0.15, 0.2) is 0 Å². The first-order chi connectivity index (χ1) is 10.9. The molecule has 0 amide bonds. The van der Waals surface area contributed by atoms with Gasteiger partial charge in [-0.1, -0.05) is 43.6 Å². The summed E-state index contributed by atoms with van der Waals surface area (Å²) in [6, 6.07) is 10.5. The number of fused-ring (bicyclic) bond motifs is 1. The molecule has 0 radical (unpaired) electrons. The summed E-state index contributed by atoms with van der Waals surface area (Å²) in [6.45, 7) is 9.58. The van der Waals surface area contributed by atoms with Gasteiger partial charge in [0.25, 0.3) is 0 Å². The minimum atomic E-state index is 0.293. The number of para-hydroxylation sites is 1. The average Bonchev–Trinajstić information content (AvgIpc) is 2.44. The molecule has 4 fully saturated rings. The first-order valence-corrected chi connectivity index (χ1v) is 8.86. The number of pyridine rings is 1. The van der Waals surface area contributed by atoms with E-state index in [9.17, 15) is 0 Å². The van der Waals surface area contributed by atoms with Crippen molar-refractivity contribution in [2.45, 2.75) is 26.4 Å². The van der Waals surface area contributed by atoms with E-state index in [1.807, 2.05) is 12.1 Å². The summed E-state index contributed by atoms with van der Waals surface area (Å²) in [4.78, 5) is 9.92. The van der Waals surface area contributed by atoms with E-state index in [0.717, 1.165) is 5.52 Å². The third kappa shape index (κ3) is 2.07. The van der Waals surface area contributed by atoms with Crippen LogP contribution in [0.4, 0.5) is 0 Å². The summed E-state index contributed by atoms with van der Waals surface area (Å²) in [5.74, 6) is 0. The molecule has 3 nitrogen and oxygen atoms in total.